The number of para-hydroxylation sites is 1. The average molecular weight is 450 g/mol. The van der Waals surface area contributed by atoms with Gasteiger partial charge in [0, 0.05) is 30.8 Å². The third-order valence-corrected chi connectivity index (χ3v) is 6.67. The van der Waals surface area contributed by atoms with E-state index < -0.39 is 40.3 Å². The Morgan fingerprint density at radius 2 is 1.85 bits per heavy atom. The number of fused-ring (bicyclic) bond motifs is 4. The topological polar surface area (TPSA) is 122 Å². The van der Waals surface area contributed by atoms with Crippen molar-refractivity contribution in [2.24, 2.45) is 5.41 Å². The minimum Gasteiger partial charge on any atom is -0.372 e. The number of ether oxygens (including phenoxy) is 1. The zero-order valence-corrected chi connectivity index (χ0v) is 18.1. The summed E-state index contributed by atoms with van der Waals surface area (Å²) in [7, 11) is 0. The van der Waals surface area contributed by atoms with Crippen LogP contribution in [0.1, 0.15) is 19.4 Å². The number of non-ortho nitro benzene ring substituents is 1. The average Bonchev–Trinajstić information content (AvgIpc) is 2.77. The number of barbiturate groups is 1. The van der Waals surface area contributed by atoms with Crippen LogP contribution in [0.2, 0.25) is 0 Å². The lowest BCUT2D eigenvalue weighted by Gasteiger charge is -2.56. The third kappa shape index (κ3) is 3.01. The maximum atomic E-state index is 14.1. The maximum absolute atomic E-state index is 14.1. The summed E-state index contributed by atoms with van der Waals surface area (Å²) < 4.78 is 6.04. The molecule has 3 heterocycles. The summed E-state index contributed by atoms with van der Waals surface area (Å²) in [5, 5.41) is 13.8. The van der Waals surface area contributed by atoms with E-state index in [0.717, 1.165) is 10.6 Å². The van der Waals surface area contributed by atoms with E-state index >= 15 is 0 Å². The molecule has 0 aliphatic carbocycles. The van der Waals surface area contributed by atoms with Gasteiger partial charge in [-0.15, -0.1) is 0 Å². The monoisotopic (exact) mass is 450 g/mol. The van der Waals surface area contributed by atoms with E-state index in [1.165, 1.54) is 12.1 Å². The van der Waals surface area contributed by atoms with Gasteiger partial charge in [0.1, 0.15) is 0 Å². The first-order valence-corrected chi connectivity index (χ1v) is 10.7. The number of morpholine rings is 1. The summed E-state index contributed by atoms with van der Waals surface area (Å²) in [5.74, 6) is -1.39. The fraction of sp³-hybridized carbons (Fsp3) is 0.348. The molecule has 10 heteroatoms. The first-order chi connectivity index (χ1) is 15.7. The Bertz CT molecular complexity index is 1180. The molecule has 5 rings (SSSR count). The molecule has 0 aromatic heterocycles. The van der Waals surface area contributed by atoms with Crippen LogP contribution >= 0.6 is 0 Å². The molecule has 3 aliphatic rings. The van der Waals surface area contributed by atoms with Crippen molar-refractivity contribution in [1.82, 2.24) is 5.32 Å². The molecule has 3 aliphatic heterocycles. The minimum absolute atomic E-state index is 0.0887. The van der Waals surface area contributed by atoms with Gasteiger partial charge in [0.2, 0.25) is 5.91 Å². The van der Waals surface area contributed by atoms with Crippen LogP contribution in [0.15, 0.2) is 48.5 Å². The number of imide groups is 2. The van der Waals surface area contributed by atoms with E-state index in [4.69, 9.17) is 4.74 Å². The second-order valence-corrected chi connectivity index (χ2v) is 8.70. The molecule has 170 valence electrons. The lowest BCUT2D eigenvalue weighted by atomic mass is 9.66. The molecule has 1 spiro atoms. The van der Waals surface area contributed by atoms with E-state index in [1.807, 2.05) is 11.8 Å². The van der Waals surface area contributed by atoms with E-state index in [1.54, 1.807) is 43.3 Å². The molecule has 4 amide bonds. The van der Waals surface area contributed by atoms with Crippen LogP contribution in [0, 0.1) is 15.5 Å². The van der Waals surface area contributed by atoms with E-state index in [0.29, 0.717) is 17.8 Å². The Labute approximate surface area is 189 Å². The number of carbonyl (C=O) groups is 3. The zero-order valence-electron chi connectivity index (χ0n) is 18.1. The minimum atomic E-state index is -1.70. The van der Waals surface area contributed by atoms with Gasteiger partial charge >= 0.3 is 6.03 Å². The van der Waals surface area contributed by atoms with Gasteiger partial charge in [0.25, 0.3) is 11.6 Å². The van der Waals surface area contributed by atoms with Crippen molar-refractivity contribution in [2.45, 2.75) is 38.5 Å². The number of carbonyl (C=O) groups excluding carboxylic acids is 3. The molecule has 10 nitrogen and oxygen atoms in total. The van der Waals surface area contributed by atoms with E-state index in [-0.39, 0.29) is 18.2 Å². The molecule has 0 bridgehead atoms. The van der Waals surface area contributed by atoms with E-state index in [9.17, 15) is 24.5 Å². The summed E-state index contributed by atoms with van der Waals surface area (Å²) in [6.45, 7) is 4.08. The predicted molar refractivity (Wildman–Crippen MR) is 118 cm³/mol. The van der Waals surface area contributed by atoms with Crippen LogP contribution in [-0.2, 0) is 20.7 Å². The van der Waals surface area contributed by atoms with Gasteiger partial charge in [-0.05, 0) is 37.6 Å². The second-order valence-electron chi connectivity index (χ2n) is 8.70. The fourth-order valence-electron chi connectivity index (χ4n) is 5.44. The molecule has 2 fully saturated rings. The molecule has 33 heavy (non-hydrogen) atoms. The molecule has 4 unspecified atom stereocenters. The fourth-order valence-corrected chi connectivity index (χ4v) is 5.44. The number of nitrogens with one attached hydrogen (secondary N) is 1. The number of urea groups is 1. The van der Waals surface area contributed by atoms with E-state index in [2.05, 4.69) is 5.32 Å². The summed E-state index contributed by atoms with van der Waals surface area (Å²) in [5.41, 5.74) is -0.266. The first kappa shape index (κ1) is 21.1. The van der Waals surface area contributed by atoms with Crippen molar-refractivity contribution in [3.8, 4) is 0 Å². The molecule has 2 aromatic rings. The highest BCUT2D eigenvalue weighted by Crippen LogP contribution is 2.48. The quantitative estimate of drug-likeness (QED) is 0.423. The lowest BCUT2D eigenvalue weighted by Crippen LogP contribution is -2.76. The largest absolute Gasteiger partial charge is 0.372 e. The number of amides is 4. The molecular formula is C23H22N4O6. The molecule has 4 atom stereocenters. The number of benzene rings is 2. The predicted octanol–water partition coefficient (Wildman–Crippen LogP) is 2.40. The Kier molecular flexibility index (Phi) is 4.71. The van der Waals surface area contributed by atoms with Gasteiger partial charge in [-0.25, -0.2) is 9.69 Å². The Hall–Kier alpha value is -3.79. The number of nitro benzene ring substituents is 1. The van der Waals surface area contributed by atoms with Crippen LogP contribution in [0.5, 0.6) is 0 Å². The van der Waals surface area contributed by atoms with Crippen LogP contribution in [0.4, 0.5) is 21.9 Å². The number of hydrogen-bond donors (Lipinski definition) is 1. The van der Waals surface area contributed by atoms with Crippen molar-refractivity contribution < 1.29 is 24.0 Å². The number of anilines is 2. The SMILES string of the molecule is CC1CN2c3ccc([N+](=O)[O-])cc3CC3(C(=O)NC(=O)N(c4ccccc4)C3=O)C2C(C)O1. The second kappa shape index (κ2) is 7.38. The zero-order chi connectivity index (χ0) is 23.5. The van der Waals surface area contributed by atoms with Gasteiger partial charge in [-0.2, -0.15) is 0 Å². The Balaban J connectivity index is 1.71. The standard InChI is InChI=1S/C23H22N4O6/c1-13-12-25-18-9-8-17(27(31)32)10-15(18)11-23(19(25)14(2)33-13)20(28)24-22(30)26(21(23)29)16-6-4-3-5-7-16/h3-10,13-14,19H,11-12H2,1-2H3,(H,24,28,30). The maximum Gasteiger partial charge on any atom is 0.335 e. The third-order valence-electron chi connectivity index (χ3n) is 6.67. The molecule has 0 radical (unpaired) electrons. The summed E-state index contributed by atoms with van der Waals surface area (Å²) in [6, 6.07) is 11.3. The van der Waals surface area contributed by atoms with Gasteiger partial charge in [0.05, 0.1) is 28.9 Å². The summed E-state index contributed by atoms with van der Waals surface area (Å²) in [6.07, 6.45) is -0.796. The van der Waals surface area contributed by atoms with Gasteiger partial charge in [0.15, 0.2) is 5.41 Å². The molecule has 2 saturated heterocycles. The Morgan fingerprint density at radius 1 is 1.12 bits per heavy atom. The van der Waals surface area contributed by atoms with Gasteiger partial charge < -0.3 is 9.64 Å². The number of rotatable bonds is 2. The van der Waals surface area contributed by atoms with Crippen molar-refractivity contribution >= 4 is 34.9 Å². The molecule has 0 saturated carbocycles. The van der Waals surface area contributed by atoms with Crippen LogP contribution in [0.3, 0.4) is 0 Å². The molecule has 1 N–H and O–H groups in total. The van der Waals surface area contributed by atoms with Crippen LogP contribution < -0.4 is 15.1 Å². The van der Waals surface area contributed by atoms with Gasteiger partial charge in [-0.1, -0.05) is 18.2 Å². The van der Waals surface area contributed by atoms with Crippen LogP contribution in [-0.4, -0.2) is 47.6 Å². The number of nitro groups is 1. The normalized spacial score (nSPS) is 28.9. The van der Waals surface area contributed by atoms with Crippen molar-refractivity contribution in [2.75, 3.05) is 16.3 Å². The highest BCUT2D eigenvalue weighted by Gasteiger charge is 2.65. The lowest BCUT2D eigenvalue weighted by molar-refractivity contribution is -0.384. The van der Waals surface area contributed by atoms with Crippen molar-refractivity contribution in [3.05, 3.63) is 64.2 Å². The highest BCUT2D eigenvalue weighted by atomic mass is 16.6. The highest BCUT2D eigenvalue weighted by molar-refractivity contribution is 6.30. The molecular weight excluding hydrogens is 428 g/mol. The number of nitrogens with zero attached hydrogens (tertiary/aromatic N) is 3. The van der Waals surface area contributed by atoms with Crippen molar-refractivity contribution in [1.29, 1.82) is 0 Å². The van der Waals surface area contributed by atoms with Crippen molar-refractivity contribution in [3.63, 3.8) is 0 Å². The smallest absolute Gasteiger partial charge is 0.335 e. The first-order valence-electron chi connectivity index (χ1n) is 10.7. The Morgan fingerprint density at radius 3 is 2.55 bits per heavy atom. The van der Waals surface area contributed by atoms with Crippen LogP contribution in [0.25, 0.3) is 0 Å². The number of hydrogen-bond acceptors (Lipinski definition) is 7. The molecule has 2 aromatic carbocycles. The van der Waals surface area contributed by atoms with Gasteiger partial charge in [-0.3, -0.25) is 25.0 Å². The summed E-state index contributed by atoms with van der Waals surface area (Å²) >= 11 is 0. The summed E-state index contributed by atoms with van der Waals surface area (Å²) in [4.78, 5) is 54.1.